The van der Waals surface area contributed by atoms with Gasteiger partial charge in [-0.05, 0) is 36.8 Å². The summed E-state index contributed by atoms with van der Waals surface area (Å²) in [4.78, 5) is 16.1. The lowest BCUT2D eigenvalue weighted by molar-refractivity contribution is -0.137. The van der Waals surface area contributed by atoms with Crippen LogP contribution < -0.4 is 4.90 Å². The summed E-state index contributed by atoms with van der Waals surface area (Å²) >= 11 is 0. The van der Waals surface area contributed by atoms with Gasteiger partial charge < -0.3 is 19.3 Å². The van der Waals surface area contributed by atoms with Crippen LogP contribution in [0.2, 0.25) is 0 Å². The minimum Gasteiger partial charge on any atom is -0.459 e. The minimum absolute atomic E-state index is 0.0971. The van der Waals surface area contributed by atoms with Crippen molar-refractivity contribution in [2.24, 2.45) is 11.3 Å². The molecule has 6 nitrogen and oxygen atoms in total. The first kappa shape index (κ1) is 20.3. The van der Waals surface area contributed by atoms with Crippen LogP contribution in [0.3, 0.4) is 0 Å². The Labute approximate surface area is 171 Å². The predicted octanol–water partition coefficient (Wildman–Crippen LogP) is 3.13. The zero-order chi connectivity index (χ0) is 21.5. The molecule has 3 heterocycles. The predicted molar refractivity (Wildman–Crippen MR) is 101 cm³/mol. The second-order valence-corrected chi connectivity index (χ2v) is 7.92. The number of piperidine rings is 1. The van der Waals surface area contributed by atoms with E-state index in [-0.39, 0.29) is 24.2 Å². The molecule has 2 aromatic rings. The van der Waals surface area contributed by atoms with Crippen molar-refractivity contribution in [3.63, 3.8) is 0 Å². The highest BCUT2D eigenvalue weighted by Gasteiger charge is 2.50. The van der Waals surface area contributed by atoms with Crippen LogP contribution in [0.5, 0.6) is 0 Å². The van der Waals surface area contributed by atoms with Gasteiger partial charge in [-0.15, -0.1) is 0 Å². The highest BCUT2D eigenvalue weighted by atomic mass is 19.4. The second kappa shape index (κ2) is 7.36. The van der Waals surface area contributed by atoms with Crippen molar-refractivity contribution in [1.82, 2.24) is 4.90 Å². The first-order chi connectivity index (χ1) is 14.3. The number of carbonyl (C=O) groups excluding carboxylic acids is 1. The first-order valence-electron chi connectivity index (χ1n) is 9.57. The number of likely N-dealkylation sites (tertiary alicyclic amines) is 1. The van der Waals surface area contributed by atoms with Gasteiger partial charge in [0.25, 0.3) is 5.91 Å². The number of rotatable bonds is 3. The van der Waals surface area contributed by atoms with Gasteiger partial charge in [0, 0.05) is 43.2 Å². The number of carbonyl (C=O) groups is 1. The Hall–Kier alpha value is -2.99. The molecule has 2 atom stereocenters. The zero-order valence-electron chi connectivity index (χ0n) is 16.0. The number of furan rings is 1. The summed E-state index contributed by atoms with van der Waals surface area (Å²) in [5.74, 6) is -0.132. The number of nitriles is 1. The van der Waals surface area contributed by atoms with E-state index in [9.17, 15) is 23.1 Å². The Morgan fingerprint density at radius 2 is 2.13 bits per heavy atom. The van der Waals surface area contributed by atoms with Crippen LogP contribution in [0.25, 0.3) is 0 Å². The molecule has 0 aliphatic carbocycles. The number of nitrogens with zero attached hydrogens (tertiary/aromatic N) is 3. The topological polar surface area (TPSA) is 80.7 Å². The molecule has 1 aromatic heterocycles. The maximum atomic E-state index is 13.3. The molecule has 158 valence electrons. The van der Waals surface area contributed by atoms with E-state index in [1.54, 1.807) is 23.1 Å². The SMILES string of the molecule is N#Cc1ccc(N2CC[C@@]3(CO)CN(C(=O)c4ccco4)C[C@H]3C2)cc1C(F)(F)F. The summed E-state index contributed by atoms with van der Waals surface area (Å²) in [6, 6.07) is 8.51. The quantitative estimate of drug-likeness (QED) is 0.827. The summed E-state index contributed by atoms with van der Waals surface area (Å²) in [5, 5.41) is 19.1. The standard InChI is InChI=1S/C21H20F3N3O3/c22-21(23,24)17-8-16(4-3-14(17)9-25)26-6-5-20(13-28)12-27(11-15(20)10-26)19(29)18-2-1-7-30-18/h1-4,7-8,15,28H,5-6,10-13H2/t15-,20+/m1/s1. The molecule has 2 saturated heterocycles. The molecule has 1 aromatic carbocycles. The van der Waals surface area contributed by atoms with Crippen LogP contribution in [0, 0.1) is 22.7 Å². The molecule has 4 rings (SSSR count). The van der Waals surface area contributed by atoms with Crippen molar-refractivity contribution in [2.45, 2.75) is 12.6 Å². The number of amides is 1. The van der Waals surface area contributed by atoms with Gasteiger partial charge in [-0.1, -0.05) is 0 Å². The number of halogens is 3. The van der Waals surface area contributed by atoms with E-state index in [0.29, 0.717) is 38.3 Å². The van der Waals surface area contributed by atoms with Crippen molar-refractivity contribution < 1.29 is 27.5 Å². The Kier molecular flexibility index (Phi) is 4.98. The maximum absolute atomic E-state index is 13.3. The monoisotopic (exact) mass is 419 g/mol. The zero-order valence-corrected chi connectivity index (χ0v) is 16.0. The molecule has 2 aliphatic rings. The average Bonchev–Trinajstić information content (AvgIpc) is 3.40. The van der Waals surface area contributed by atoms with Gasteiger partial charge in [0.15, 0.2) is 5.76 Å². The third-order valence-corrected chi connectivity index (χ3v) is 6.26. The Morgan fingerprint density at radius 1 is 1.33 bits per heavy atom. The van der Waals surface area contributed by atoms with Gasteiger partial charge in [-0.3, -0.25) is 4.79 Å². The molecule has 0 unspecified atom stereocenters. The molecule has 0 spiro atoms. The largest absolute Gasteiger partial charge is 0.459 e. The molecule has 0 bridgehead atoms. The average molecular weight is 419 g/mol. The Balaban J connectivity index is 1.57. The third-order valence-electron chi connectivity index (χ3n) is 6.26. The van der Waals surface area contributed by atoms with Crippen LogP contribution in [0.15, 0.2) is 41.0 Å². The second-order valence-electron chi connectivity index (χ2n) is 7.92. The fraction of sp³-hybridized carbons (Fsp3) is 0.429. The normalized spacial score (nSPS) is 23.9. The number of anilines is 1. The van der Waals surface area contributed by atoms with Gasteiger partial charge in [0.2, 0.25) is 0 Å². The van der Waals surface area contributed by atoms with Crippen molar-refractivity contribution >= 4 is 11.6 Å². The lowest BCUT2D eigenvalue weighted by Gasteiger charge is -2.43. The highest BCUT2D eigenvalue weighted by molar-refractivity contribution is 5.91. The lowest BCUT2D eigenvalue weighted by Crippen LogP contribution is -2.49. The Morgan fingerprint density at radius 3 is 2.77 bits per heavy atom. The van der Waals surface area contributed by atoms with E-state index >= 15 is 0 Å². The van der Waals surface area contributed by atoms with Gasteiger partial charge in [-0.2, -0.15) is 18.4 Å². The molecule has 2 fully saturated rings. The highest BCUT2D eigenvalue weighted by Crippen LogP contribution is 2.44. The number of alkyl halides is 3. The number of hydrogen-bond donors (Lipinski definition) is 1. The Bertz CT molecular complexity index is 984. The van der Waals surface area contributed by atoms with Crippen LogP contribution in [-0.2, 0) is 6.18 Å². The lowest BCUT2D eigenvalue weighted by atomic mass is 9.73. The molecule has 0 radical (unpaired) electrons. The van der Waals surface area contributed by atoms with E-state index in [1.165, 1.54) is 18.4 Å². The van der Waals surface area contributed by atoms with E-state index in [0.717, 1.165) is 6.07 Å². The van der Waals surface area contributed by atoms with E-state index in [2.05, 4.69) is 0 Å². The number of aliphatic hydroxyl groups is 1. The minimum atomic E-state index is -4.62. The van der Waals surface area contributed by atoms with E-state index in [4.69, 9.17) is 9.68 Å². The van der Waals surface area contributed by atoms with Gasteiger partial charge in [0.1, 0.15) is 0 Å². The summed E-state index contributed by atoms with van der Waals surface area (Å²) in [7, 11) is 0. The fourth-order valence-corrected chi connectivity index (χ4v) is 4.55. The maximum Gasteiger partial charge on any atom is 0.417 e. The molecule has 2 aliphatic heterocycles. The summed E-state index contributed by atoms with van der Waals surface area (Å²) in [6.45, 7) is 1.52. The summed E-state index contributed by atoms with van der Waals surface area (Å²) in [5.41, 5.74) is -1.48. The van der Waals surface area contributed by atoms with Crippen molar-refractivity contribution in [3.05, 3.63) is 53.5 Å². The van der Waals surface area contributed by atoms with E-state index < -0.39 is 22.7 Å². The van der Waals surface area contributed by atoms with Gasteiger partial charge in [-0.25, -0.2) is 0 Å². The van der Waals surface area contributed by atoms with Gasteiger partial charge >= 0.3 is 6.18 Å². The van der Waals surface area contributed by atoms with Crippen molar-refractivity contribution in [1.29, 1.82) is 5.26 Å². The number of hydrogen-bond acceptors (Lipinski definition) is 5. The third kappa shape index (κ3) is 3.41. The molecular weight excluding hydrogens is 399 g/mol. The van der Waals surface area contributed by atoms with Crippen molar-refractivity contribution in [3.8, 4) is 6.07 Å². The summed E-state index contributed by atoms with van der Waals surface area (Å²) < 4.78 is 45.2. The van der Waals surface area contributed by atoms with Crippen LogP contribution in [0.1, 0.15) is 28.1 Å². The molecule has 0 saturated carbocycles. The molecule has 30 heavy (non-hydrogen) atoms. The van der Waals surface area contributed by atoms with Gasteiger partial charge in [0.05, 0.1) is 30.1 Å². The molecule has 9 heteroatoms. The van der Waals surface area contributed by atoms with E-state index in [1.807, 2.05) is 4.90 Å². The number of benzene rings is 1. The smallest absolute Gasteiger partial charge is 0.417 e. The first-order valence-corrected chi connectivity index (χ1v) is 9.57. The molecule has 1 N–H and O–H groups in total. The molecular formula is C21H20F3N3O3. The fourth-order valence-electron chi connectivity index (χ4n) is 4.55. The van der Waals surface area contributed by atoms with Crippen LogP contribution in [0.4, 0.5) is 18.9 Å². The van der Waals surface area contributed by atoms with Crippen LogP contribution in [-0.4, -0.2) is 48.7 Å². The summed E-state index contributed by atoms with van der Waals surface area (Å²) in [6.07, 6.45) is -2.66. The van der Waals surface area contributed by atoms with Crippen molar-refractivity contribution in [2.75, 3.05) is 37.7 Å². The van der Waals surface area contributed by atoms with Crippen LogP contribution >= 0.6 is 0 Å². The number of fused-ring (bicyclic) bond motifs is 1. The molecule has 1 amide bonds. The number of aliphatic hydroxyl groups excluding tert-OH is 1.